The van der Waals surface area contributed by atoms with Gasteiger partial charge in [-0.1, -0.05) is 13.8 Å². The molecule has 5 nitrogen and oxygen atoms in total. The highest BCUT2D eigenvalue weighted by Gasteiger charge is 2.25. The van der Waals surface area contributed by atoms with Crippen LogP contribution in [0.25, 0.3) is 0 Å². The number of aromatic nitrogens is 1. The molecular formula is C15H26N4O. The van der Waals surface area contributed by atoms with Crippen LogP contribution >= 0.6 is 0 Å². The fourth-order valence-electron chi connectivity index (χ4n) is 2.35. The third kappa shape index (κ3) is 3.54. The Kier molecular flexibility index (Phi) is 4.70. The van der Waals surface area contributed by atoms with Gasteiger partial charge in [0.05, 0.1) is 12.3 Å². The topological polar surface area (TPSA) is 54.6 Å². The number of hydrogen-bond acceptors (Lipinski definition) is 5. The van der Waals surface area contributed by atoms with Gasteiger partial charge in [-0.05, 0) is 38.6 Å². The SMILES string of the molecule is CC(C)COc1nc(N2CCC(N(C)C)C2)ccc1N. The van der Waals surface area contributed by atoms with Crippen LogP contribution in [0.4, 0.5) is 11.5 Å². The molecule has 2 N–H and O–H groups in total. The van der Waals surface area contributed by atoms with Crippen molar-refractivity contribution in [3.05, 3.63) is 12.1 Å². The molecule has 0 saturated carbocycles. The van der Waals surface area contributed by atoms with E-state index in [9.17, 15) is 0 Å². The van der Waals surface area contributed by atoms with Gasteiger partial charge in [0.1, 0.15) is 5.82 Å². The Morgan fingerprint density at radius 1 is 1.45 bits per heavy atom. The van der Waals surface area contributed by atoms with Crippen LogP contribution in [0, 0.1) is 5.92 Å². The van der Waals surface area contributed by atoms with Crippen molar-refractivity contribution >= 4 is 11.5 Å². The number of ether oxygens (including phenoxy) is 1. The predicted molar refractivity (Wildman–Crippen MR) is 83.3 cm³/mol. The van der Waals surface area contributed by atoms with Crippen LogP contribution in [0.2, 0.25) is 0 Å². The molecule has 2 rings (SSSR count). The lowest BCUT2D eigenvalue weighted by atomic mass is 10.2. The molecule has 1 aromatic rings. The lowest BCUT2D eigenvalue weighted by Crippen LogP contribution is -2.31. The Hall–Kier alpha value is -1.49. The highest BCUT2D eigenvalue weighted by molar-refractivity contribution is 5.55. The molecule has 1 unspecified atom stereocenters. The average molecular weight is 278 g/mol. The minimum Gasteiger partial charge on any atom is -0.476 e. The van der Waals surface area contributed by atoms with E-state index < -0.39 is 0 Å². The number of rotatable bonds is 5. The van der Waals surface area contributed by atoms with E-state index >= 15 is 0 Å². The smallest absolute Gasteiger partial charge is 0.239 e. The number of pyridine rings is 1. The first-order valence-electron chi connectivity index (χ1n) is 7.28. The van der Waals surface area contributed by atoms with E-state index in [0.29, 0.717) is 30.1 Å². The first-order chi connectivity index (χ1) is 9.47. The first kappa shape index (κ1) is 14.9. The van der Waals surface area contributed by atoms with Crippen molar-refractivity contribution in [2.24, 2.45) is 5.92 Å². The number of anilines is 2. The van der Waals surface area contributed by atoms with Crippen molar-refractivity contribution in [2.75, 3.05) is 44.4 Å². The Morgan fingerprint density at radius 2 is 2.20 bits per heavy atom. The standard InChI is InChI=1S/C15H26N4O/c1-11(2)10-20-15-13(16)5-6-14(17-15)19-8-7-12(9-19)18(3)4/h5-6,11-12H,7-10,16H2,1-4H3. The van der Waals surface area contributed by atoms with E-state index in [4.69, 9.17) is 10.5 Å². The lowest BCUT2D eigenvalue weighted by Gasteiger charge is -2.21. The molecule has 1 fully saturated rings. The Morgan fingerprint density at radius 3 is 2.80 bits per heavy atom. The zero-order valence-corrected chi connectivity index (χ0v) is 13.0. The van der Waals surface area contributed by atoms with Gasteiger partial charge in [-0.3, -0.25) is 0 Å². The summed E-state index contributed by atoms with van der Waals surface area (Å²) in [6.07, 6.45) is 1.17. The number of nitrogens with zero attached hydrogens (tertiary/aromatic N) is 3. The van der Waals surface area contributed by atoms with Crippen LogP contribution in [-0.2, 0) is 0 Å². The van der Waals surface area contributed by atoms with Gasteiger partial charge in [0.25, 0.3) is 0 Å². The van der Waals surface area contributed by atoms with Gasteiger partial charge in [0.2, 0.25) is 5.88 Å². The molecule has 1 atom stereocenters. The van der Waals surface area contributed by atoms with Gasteiger partial charge in [0.15, 0.2) is 0 Å². The molecule has 20 heavy (non-hydrogen) atoms. The fraction of sp³-hybridized carbons (Fsp3) is 0.667. The first-order valence-corrected chi connectivity index (χ1v) is 7.28. The van der Waals surface area contributed by atoms with Crippen molar-refractivity contribution in [1.29, 1.82) is 0 Å². The summed E-state index contributed by atoms with van der Waals surface area (Å²) in [5.41, 5.74) is 6.54. The van der Waals surface area contributed by atoms with Crippen molar-refractivity contribution in [3.8, 4) is 5.88 Å². The van der Waals surface area contributed by atoms with Crippen molar-refractivity contribution in [3.63, 3.8) is 0 Å². The predicted octanol–water partition coefficient (Wildman–Crippen LogP) is 1.84. The summed E-state index contributed by atoms with van der Waals surface area (Å²) in [4.78, 5) is 9.15. The van der Waals surface area contributed by atoms with Gasteiger partial charge in [0, 0.05) is 19.1 Å². The molecule has 0 aromatic carbocycles. The summed E-state index contributed by atoms with van der Waals surface area (Å²) in [7, 11) is 4.25. The molecule has 0 radical (unpaired) electrons. The maximum Gasteiger partial charge on any atom is 0.239 e. The van der Waals surface area contributed by atoms with Crippen LogP contribution < -0.4 is 15.4 Å². The molecule has 0 aliphatic carbocycles. The Bertz CT molecular complexity index is 447. The molecule has 1 aromatic heterocycles. The summed E-state index contributed by atoms with van der Waals surface area (Å²) in [6.45, 7) is 6.91. The van der Waals surface area contributed by atoms with E-state index in [1.54, 1.807) is 0 Å². The molecule has 0 bridgehead atoms. The van der Waals surface area contributed by atoms with Gasteiger partial charge in [-0.2, -0.15) is 4.98 Å². The van der Waals surface area contributed by atoms with Crippen LogP contribution in [0.15, 0.2) is 12.1 Å². The third-order valence-electron chi connectivity index (χ3n) is 3.65. The zero-order valence-electron chi connectivity index (χ0n) is 13.0. The summed E-state index contributed by atoms with van der Waals surface area (Å²) in [5, 5.41) is 0. The number of nitrogens with two attached hydrogens (primary N) is 1. The van der Waals surface area contributed by atoms with Gasteiger partial charge >= 0.3 is 0 Å². The highest BCUT2D eigenvalue weighted by atomic mass is 16.5. The number of likely N-dealkylation sites (N-methyl/N-ethyl adjacent to an activating group) is 1. The second-order valence-electron chi connectivity index (χ2n) is 6.12. The second-order valence-corrected chi connectivity index (χ2v) is 6.12. The summed E-state index contributed by atoms with van der Waals surface area (Å²) < 4.78 is 5.70. The molecule has 1 aliphatic heterocycles. The summed E-state index contributed by atoms with van der Waals surface area (Å²) >= 11 is 0. The zero-order chi connectivity index (χ0) is 14.7. The van der Waals surface area contributed by atoms with Crippen LogP contribution in [0.5, 0.6) is 5.88 Å². The van der Waals surface area contributed by atoms with Crippen molar-refractivity contribution in [2.45, 2.75) is 26.3 Å². The summed E-state index contributed by atoms with van der Waals surface area (Å²) in [5.74, 6) is 1.98. The van der Waals surface area contributed by atoms with Gasteiger partial charge < -0.3 is 20.3 Å². The minimum atomic E-state index is 0.463. The molecule has 2 heterocycles. The molecule has 112 valence electrons. The molecule has 0 spiro atoms. The Labute approximate surface area is 121 Å². The number of hydrogen-bond donors (Lipinski definition) is 1. The molecule has 1 saturated heterocycles. The quantitative estimate of drug-likeness (QED) is 0.890. The van der Waals surface area contributed by atoms with E-state index in [1.807, 2.05) is 12.1 Å². The van der Waals surface area contributed by atoms with E-state index in [-0.39, 0.29) is 0 Å². The second kappa shape index (κ2) is 6.31. The molecule has 1 aliphatic rings. The monoisotopic (exact) mass is 278 g/mol. The average Bonchev–Trinajstić information content (AvgIpc) is 2.87. The summed E-state index contributed by atoms with van der Waals surface area (Å²) in [6, 6.07) is 4.46. The van der Waals surface area contributed by atoms with Crippen molar-refractivity contribution < 1.29 is 4.74 Å². The fourth-order valence-corrected chi connectivity index (χ4v) is 2.35. The van der Waals surface area contributed by atoms with Crippen LogP contribution in [0.3, 0.4) is 0 Å². The molecule has 5 heteroatoms. The molecular weight excluding hydrogens is 252 g/mol. The van der Waals surface area contributed by atoms with Crippen molar-refractivity contribution in [1.82, 2.24) is 9.88 Å². The molecule has 0 amide bonds. The normalized spacial score (nSPS) is 19.1. The van der Waals surface area contributed by atoms with Gasteiger partial charge in [-0.15, -0.1) is 0 Å². The Balaban J connectivity index is 2.07. The third-order valence-corrected chi connectivity index (χ3v) is 3.65. The van der Waals surface area contributed by atoms with E-state index in [1.165, 1.54) is 6.42 Å². The minimum absolute atomic E-state index is 0.463. The number of nitrogen functional groups attached to an aromatic ring is 1. The van der Waals surface area contributed by atoms with E-state index in [2.05, 4.69) is 42.7 Å². The van der Waals surface area contributed by atoms with Crippen LogP contribution in [-0.4, -0.2) is 49.7 Å². The van der Waals surface area contributed by atoms with Gasteiger partial charge in [-0.25, -0.2) is 0 Å². The largest absolute Gasteiger partial charge is 0.476 e. The maximum absolute atomic E-state index is 5.94. The lowest BCUT2D eigenvalue weighted by molar-refractivity contribution is 0.263. The van der Waals surface area contributed by atoms with Crippen LogP contribution in [0.1, 0.15) is 20.3 Å². The highest BCUT2D eigenvalue weighted by Crippen LogP contribution is 2.26. The maximum atomic E-state index is 5.94. The van der Waals surface area contributed by atoms with E-state index in [0.717, 1.165) is 18.9 Å².